The third-order valence-electron chi connectivity index (χ3n) is 5.74. The number of carbonyl (C=O) groups excluding carboxylic acids is 2. The van der Waals surface area contributed by atoms with Crippen LogP contribution in [0.15, 0.2) is 24.3 Å². The number of rotatable bonds is 5. The second kappa shape index (κ2) is 10.5. The van der Waals surface area contributed by atoms with Crippen molar-refractivity contribution >= 4 is 17.7 Å². The van der Waals surface area contributed by atoms with Crippen LogP contribution >= 0.6 is 0 Å². The molecule has 1 N–H and O–H groups in total. The molecule has 0 bridgehead atoms. The lowest BCUT2D eigenvalue weighted by atomic mass is 9.96. The van der Waals surface area contributed by atoms with Gasteiger partial charge in [-0.2, -0.15) is 0 Å². The lowest BCUT2D eigenvalue weighted by Gasteiger charge is -2.34. The van der Waals surface area contributed by atoms with E-state index in [-0.39, 0.29) is 12.0 Å². The van der Waals surface area contributed by atoms with Crippen molar-refractivity contribution in [1.82, 2.24) is 9.80 Å². The number of urea groups is 1. The molecule has 0 unspecified atom stereocenters. The van der Waals surface area contributed by atoms with E-state index in [1.807, 2.05) is 4.90 Å². The van der Waals surface area contributed by atoms with Crippen molar-refractivity contribution in [2.24, 2.45) is 5.92 Å². The number of hydrogen-bond donors (Lipinski definition) is 1. The molecule has 2 amide bonds. The van der Waals surface area contributed by atoms with E-state index >= 15 is 0 Å². The van der Waals surface area contributed by atoms with Crippen LogP contribution in [0.2, 0.25) is 0 Å². The predicted molar refractivity (Wildman–Crippen MR) is 111 cm³/mol. The second-order valence-electron chi connectivity index (χ2n) is 7.88. The lowest BCUT2D eigenvalue weighted by Crippen LogP contribution is -2.43. The first-order valence-electron chi connectivity index (χ1n) is 10.7. The molecule has 1 aromatic carbocycles. The van der Waals surface area contributed by atoms with E-state index in [1.54, 1.807) is 31.2 Å². The lowest BCUT2D eigenvalue weighted by molar-refractivity contribution is 0.0526. The first-order chi connectivity index (χ1) is 13.7. The van der Waals surface area contributed by atoms with Gasteiger partial charge >= 0.3 is 12.0 Å². The van der Waals surface area contributed by atoms with Crippen molar-refractivity contribution in [2.75, 3.05) is 44.6 Å². The Morgan fingerprint density at radius 1 is 1.07 bits per heavy atom. The average Bonchev–Trinajstić information content (AvgIpc) is 2.97. The van der Waals surface area contributed by atoms with Gasteiger partial charge in [-0.15, -0.1) is 0 Å². The molecule has 2 aliphatic rings. The van der Waals surface area contributed by atoms with Gasteiger partial charge in [-0.1, -0.05) is 18.9 Å². The topological polar surface area (TPSA) is 61.9 Å². The zero-order chi connectivity index (χ0) is 19.8. The van der Waals surface area contributed by atoms with Crippen molar-refractivity contribution in [1.29, 1.82) is 0 Å². The first kappa shape index (κ1) is 20.6. The average molecular weight is 388 g/mol. The minimum absolute atomic E-state index is 0.0887. The Kier molecular flexibility index (Phi) is 7.71. The van der Waals surface area contributed by atoms with E-state index in [4.69, 9.17) is 4.74 Å². The SMILES string of the molecule is CCOC(=O)c1cccc(NC(=O)N2CCC(CN3CCCCCC3)CC2)c1. The minimum Gasteiger partial charge on any atom is -0.462 e. The van der Waals surface area contributed by atoms with E-state index < -0.39 is 0 Å². The summed E-state index contributed by atoms with van der Waals surface area (Å²) in [5, 5.41) is 2.92. The van der Waals surface area contributed by atoms with Crippen LogP contribution in [0.4, 0.5) is 10.5 Å². The van der Waals surface area contributed by atoms with Gasteiger partial charge in [-0.05, 0) is 69.8 Å². The molecule has 28 heavy (non-hydrogen) atoms. The van der Waals surface area contributed by atoms with Gasteiger partial charge in [0, 0.05) is 25.3 Å². The molecule has 6 nitrogen and oxygen atoms in total. The predicted octanol–water partition coefficient (Wildman–Crippen LogP) is 3.98. The number of anilines is 1. The number of esters is 1. The third-order valence-corrected chi connectivity index (χ3v) is 5.74. The number of nitrogens with one attached hydrogen (secondary N) is 1. The maximum Gasteiger partial charge on any atom is 0.338 e. The Bertz CT molecular complexity index is 648. The molecule has 3 rings (SSSR count). The summed E-state index contributed by atoms with van der Waals surface area (Å²) in [5.41, 5.74) is 1.08. The van der Waals surface area contributed by atoms with E-state index in [0.29, 0.717) is 23.8 Å². The fourth-order valence-electron chi connectivity index (χ4n) is 4.14. The second-order valence-corrected chi connectivity index (χ2v) is 7.88. The minimum atomic E-state index is -0.368. The molecule has 0 spiro atoms. The molecule has 2 aliphatic heterocycles. The highest BCUT2D eigenvalue weighted by atomic mass is 16.5. The van der Waals surface area contributed by atoms with Crippen molar-refractivity contribution in [2.45, 2.75) is 45.4 Å². The van der Waals surface area contributed by atoms with Gasteiger partial charge in [-0.3, -0.25) is 0 Å². The number of carbonyl (C=O) groups is 2. The summed E-state index contributed by atoms with van der Waals surface area (Å²) in [4.78, 5) is 29.0. The summed E-state index contributed by atoms with van der Waals surface area (Å²) >= 11 is 0. The quantitative estimate of drug-likeness (QED) is 0.776. The first-order valence-corrected chi connectivity index (χ1v) is 10.7. The van der Waals surface area contributed by atoms with Gasteiger partial charge in [0.25, 0.3) is 0 Å². The molecule has 2 saturated heterocycles. The van der Waals surface area contributed by atoms with Crippen molar-refractivity contribution in [3.8, 4) is 0 Å². The molecule has 6 heteroatoms. The summed E-state index contributed by atoms with van der Waals surface area (Å²) in [6.07, 6.45) is 7.51. The zero-order valence-corrected chi connectivity index (χ0v) is 17.0. The number of nitrogens with zero attached hydrogens (tertiary/aromatic N) is 2. The van der Waals surface area contributed by atoms with Crippen LogP contribution in [0.5, 0.6) is 0 Å². The van der Waals surface area contributed by atoms with Gasteiger partial charge in [-0.25, -0.2) is 9.59 Å². The monoisotopic (exact) mass is 387 g/mol. The van der Waals surface area contributed by atoms with Crippen LogP contribution in [0.1, 0.15) is 55.8 Å². The van der Waals surface area contributed by atoms with Crippen molar-refractivity contribution in [3.05, 3.63) is 29.8 Å². The molecule has 154 valence electrons. The van der Waals surface area contributed by atoms with Crippen LogP contribution in [0.3, 0.4) is 0 Å². The fraction of sp³-hybridized carbons (Fsp3) is 0.636. The maximum absolute atomic E-state index is 12.6. The van der Waals surface area contributed by atoms with E-state index in [9.17, 15) is 9.59 Å². The molecule has 0 radical (unpaired) electrons. The maximum atomic E-state index is 12.6. The normalized spacial score (nSPS) is 19.1. The Labute approximate surface area is 168 Å². The molecule has 0 atom stereocenters. The Morgan fingerprint density at radius 2 is 1.79 bits per heavy atom. The Hall–Kier alpha value is -2.08. The number of likely N-dealkylation sites (tertiary alicyclic amines) is 2. The smallest absolute Gasteiger partial charge is 0.338 e. The highest BCUT2D eigenvalue weighted by Crippen LogP contribution is 2.21. The Morgan fingerprint density at radius 3 is 2.46 bits per heavy atom. The molecular formula is C22H33N3O3. The summed E-state index contributed by atoms with van der Waals surface area (Å²) in [7, 11) is 0. The molecule has 1 aromatic rings. The zero-order valence-electron chi connectivity index (χ0n) is 17.0. The van der Waals surface area contributed by atoms with Gasteiger partial charge < -0.3 is 19.9 Å². The van der Waals surface area contributed by atoms with Gasteiger partial charge in [0.1, 0.15) is 0 Å². The molecule has 0 aliphatic carbocycles. The van der Waals surface area contributed by atoms with Crippen LogP contribution in [-0.2, 0) is 4.74 Å². The van der Waals surface area contributed by atoms with Crippen molar-refractivity contribution < 1.29 is 14.3 Å². The third kappa shape index (κ3) is 5.96. The number of hydrogen-bond acceptors (Lipinski definition) is 4. The number of ether oxygens (including phenoxy) is 1. The molecule has 0 aromatic heterocycles. The summed E-state index contributed by atoms with van der Waals surface area (Å²) in [6.45, 7) is 7.34. The van der Waals surface area contributed by atoms with Crippen molar-refractivity contribution in [3.63, 3.8) is 0 Å². The number of piperidine rings is 1. The van der Waals surface area contributed by atoms with Gasteiger partial charge in [0.2, 0.25) is 0 Å². The molecule has 2 heterocycles. The number of benzene rings is 1. The molecule has 2 fully saturated rings. The van der Waals surface area contributed by atoms with Crippen LogP contribution < -0.4 is 5.32 Å². The van der Waals surface area contributed by atoms with Gasteiger partial charge in [0.05, 0.1) is 12.2 Å². The van der Waals surface area contributed by atoms with Crippen LogP contribution in [-0.4, -0.2) is 61.1 Å². The van der Waals surface area contributed by atoms with E-state index in [0.717, 1.165) is 25.9 Å². The molecular weight excluding hydrogens is 354 g/mol. The largest absolute Gasteiger partial charge is 0.462 e. The van der Waals surface area contributed by atoms with E-state index in [2.05, 4.69) is 10.2 Å². The van der Waals surface area contributed by atoms with Crippen LogP contribution in [0, 0.1) is 5.92 Å². The van der Waals surface area contributed by atoms with E-state index in [1.165, 1.54) is 45.3 Å². The highest BCUT2D eigenvalue weighted by Gasteiger charge is 2.24. The summed E-state index contributed by atoms with van der Waals surface area (Å²) in [6, 6.07) is 6.83. The number of amides is 2. The highest BCUT2D eigenvalue weighted by molar-refractivity contribution is 5.94. The summed E-state index contributed by atoms with van der Waals surface area (Å²) < 4.78 is 5.02. The Balaban J connectivity index is 1.46. The van der Waals surface area contributed by atoms with Crippen LogP contribution in [0.25, 0.3) is 0 Å². The standard InChI is InChI=1S/C22H33N3O3/c1-2-28-21(26)19-8-7-9-20(16-19)23-22(27)25-14-10-18(11-15-25)17-24-12-5-3-4-6-13-24/h7-9,16,18H,2-6,10-15,17H2,1H3,(H,23,27). The van der Waals surface area contributed by atoms with Gasteiger partial charge in [0.15, 0.2) is 0 Å². The fourth-order valence-corrected chi connectivity index (χ4v) is 4.14. The molecule has 0 saturated carbocycles. The summed E-state index contributed by atoms with van der Waals surface area (Å²) in [5.74, 6) is 0.321.